The van der Waals surface area contributed by atoms with Crippen LogP contribution in [-0.4, -0.2) is 26.4 Å². The van der Waals surface area contributed by atoms with Gasteiger partial charge in [-0.3, -0.25) is 4.79 Å². The molecule has 0 unspecified atom stereocenters. The van der Waals surface area contributed by atoms with E-state index in [0.717, 1.165) is 41.6 Å². The smallest absolute Gasteiger partial charge is 0.234 e. The fourth-order valence-corrected chi connectivity index (χ4v) is 5.15. The number of anilines is 1. The van der Waals surface area contributed by atoms with E-state index < -0.39 is 0 Å². The molecular formula is C26H28N4OS2. The van der Waals surface area contributed by atoms with E-state index in [4.69, 9.17) is 0 Å². The first kappa shape index (κ1) is 23.3. The van der Waals surface area contributed by atoms with Gasteiger partial charge in [-0.1, -0.05) is 80.2 Å². The highest BCUT2D eigenvalue weighted by molar-refractivity contribution is 7.99. The predicted octanol–water partition coefficient (Wildman–Crippen LogP) is 6.03. The number of aryl methyl sites for hydroxylation is 1. The maximum atomic E-state index is 12.7. The van der Waals surface area contributed by atoms with Gasteiger partial charge in [0.1, 0.15) is 5.82 Å². The standard InChI is InChI=1S/C26H28N4OS2/c1-19(2)22-12-6-7-13-23(22)27-25(31)18-33-26-29-28-24(17-21-11-8-16-32-21)30(26)15-14-20-9-4-3-5-10-20/h3-13,16,19H,14-15,17-18H2,1-2H3,(H,27,31). The molecule has 0 radical (unpaired) electrons. The van der Waals surface area contributed by atoms with Crippen LogP contribution in [0.4, 0.5) is 5.69 Å². The normalized spacial score (nSPS) is 11.1. The van der Waals surface area contributed by atoms with Gasteiger partial charge in [0.15, 0.2) is 5.16 Å². The number of carbonyl (C=O) groups is 1. The van der Waals surface area contributed by atoms with Gasteiger partial charge in [-0.25, -0.2) is 0 Å². The number of carbonyl (C=O) groups excluding carboxylic acids is 1. The second-order valence-corrected chi connectivity index (χ2v) is 10.1. The highest BCUT2D eigenvalue weighted by atomic mass is 32.2. The van der Waals surface area contributed by atoms with Crippen molar-refractivity contribution in [1.82, 2.24) is 14.8 Å². The van der Waals surface area contributed by atoms with Crippen LogP contribution in [0.3, 0.4) is 0 Å². The molecule has 170 valence electrons. The maximum absolute atomic E-state index is 12.7. The number of thiophene rings is 1. The number of nitrogens with zero attached hydrogens (tertiary/aromatic N) is 3. The lowest BCUT2D eigenvalue weighted by Crippen LogP contribution is -2.16. The van der Waals surface area contributed by atoms with Crippen molar-refractivity contribution in [2.75, 3.05) is 11.1 Å². The van der Waals surface area contributed by atoms with Gasteiger partial charge >= 0.3 is 0 Å². The van der Waals surface area contributed by atoms with Gasteiger partial charge in [-0.05, 0) is 41.0 Å². The molecule has 0 spiro atoms. The lowest BCUT2D eigenvalue weighted by Gasteiger charge is -2.14. The molecule has 1 N–H and O–H groups in total. The van der Waals surface area contributed by atoms with Crippen molar-refractivity contribution in [3.05, 3.63) is 93.9 Å². The number of hydrogen-bond donors (Lipinski definition) is 1. The molecule has 4 rings (SSSR count). The van der Waals surface area contributed by atoms with E-state index in [0.29, 0.717) is 5.92 Å². The van der Waals surface area contributed by atoms with E-state index in [1.807, 2.05) is 24.3 Å². The largest absolute Gasteiger partial charge is 0.325 e. The molecule has 0 saturated heterocycles. The average Bonchev–Trinajstić information content (AvgIpc) is 3.47. The summed E-state index contributed by atoms with van der Waals surface area (Å²) < 4.78 is 2.16. The zero-order valence-corrected chi connectivity index (χ0v) is 20.5. The summed E-state index contributed by atoms with van der Waals surface area (Å²) >= 11 is 3.16. The lowest BCUT2D eigenvalue weighted by atomic mass is 10.0. The minimum absolute atomic E-state index is 0.0366. The summed E-state index contributed by atoms with van der Waals surface area (Å²) in [5, 5.41) is 14.8. The highest BCUT2D eigenvalue weighted by Gasteiger charge is 2.16. The van der Waals surface area contributed by atoms with Crippen molar-refractivity contribution in [3.63, 3.8) is 0 Å². The average molecular weight is 477 g/mol. The topological polar surface area (TPSA) is 59.8 Å². The van der Waals surface area contributed by atoms with E-state index in [1.165, 1.54) is 22.2 Å². The Balaban J connectivity index is 1.46. The minimum atomic E-state index is -0.0366. The van der Waals surface area contributed by atoms with Crippen LogP contribution in [0.25, 0.3) is 0 Å². The molecule has 0 fully saturated rings. The van der Waals surface area contributed by atoms with Crippen LogP contribution < -0.4 is 5.32 Å². The summed E-state index contributed by atoms with van der Waals surface area (Å²) in [4.78, 5) is 14.0. The van der Waals surface area contributed by atoms with Gasteiger partial charge in [0.25, 0.3) is 0 Å². The van der Waals surface area contributed by atoms with Crippen molar-refractivity contribution in [2.45, 2.75) is 44.3 Å². The third kappa shape index (κ3) is 6.33. The first-order valence-corrected chi connectivity index (χ1v) is 13.0. The Hall–Kier alpha value is -2.90. The highest BCUT2D eigenvalue weighted by Crippen LogP contribution is 2.25. The van der Waals surface area contributed by atoms with E-state index in [1.54, 1.807) is 11.3 Å². The van der Waals surface area contributed by atoms with Gasteiger partial charge in [-0.2, -0.15) is 0 Å². The summed E-state index contributed by atoms with van der Waals surface area (Å²) in [6.07, 6.45) is 1.63. The SMILES string of the molecule is CC(C)c1ccccc1NC(=O)CSc1nnc(Cc2cccs2)n1CCc1ccccc1. The molecule has 2 aromatic carbocycles. The van der Waals surface area contributed by atoms with Gasteiger partial charge in [-0.15, -0.1) is 21.5 Å². The Morgan fingerprint density at radius 1 is 1.03 bits per heavy atom. The van der Waals surface area contributed by atoms with E-state index in [2.05, 4.69) is 81.8 Å². The van der Waals surface area contributed by atoms with Crippen LogP contribution in [0.15, 0.2) is 77.3 Å². The third-order valence-corrected chi connectivity index (χ3v) is 7.21. The summed E-state index contributed by atoms with van der Waals surface area (Å²) in [6.45, 7) is 5.03. The van der Waals surface area contributed by atoms with E-state index in [-0.39, 0.29) is 11.7 Å². The second kappa shape index (κ2) is 11.3. The maximum Gasteiger partial charge on any atom is 0.234 e. The van der Waals surface area contributed by atoms with Crippen molar-refractivity contribution < 1.29 is 4.79 Å². The van der Waals surface area contributed by atoms with Gasteiger partial charge in [0, 0.05) is 23.5 Å². The minimum Gasteiger partial charge on any atom is -0.325 e. The van der Waals surface area contributed by atoms with E-state index >= 15 is 0 Å². The van der Waals surface area contributed by atoms with Gasteiger partial charge < -0.3 is 9.88 Å². The third-order valence-electron chi connectivity index (χ3n) is 5.36. The first-order chi connectivity index (χ1) is 16.1. The molecule has 7 heteroatoms. The number of benzene rings is 2. The second-order valence-electron chi connectivity index (χ2n) is 8.12. The Labute approximate surface area is 203 Å². The Morgan fingerprint density at radius 2 is 1.82 bits per heavy atom. The van der Waals surface area contributed by atoms with Crippen LogP contribution in [0, 0.1) is 0 Å². The number of aromatic nitrogens is 3. The zero-order chi connectivity index (χ0) is 23.0. The monoisotopic (exact) mass is 476 g/mol. The molecule has 0 aliphatic heterocycles. The quantitative estimate of drug-likeness (QED) is 0.284. The molecule has 0 atom stereocenters. The zero-order valence-electron chi connectivity index (χ0n) is 18.9. The molecule has 0 aliphatic carbocycles. The molecule has 0 saturated carbocycles. The number of rotatable bonds is 10. The van der Waals surface area contributed by atoms with Crippen LogP contribution in [-0.2, 0) is 24.2 Å². The molecular weight excluding hydrogens is 448 g/mol. The number of nitrogens with one attached hydrogen (secondary N) is 1. The predicted molar refractivity (Wildman–Crippen MR) is 137 cm³/mol. The molecule has 1 amide bonds. The number of hydrogen-bond acceptors (Lipinski definition) is 5. The van der Waals surface area contributed by atoms with Gasteiger partial charge in [0.05, 0.1) is 5.75 Å². The Bertz CT molecular complexity index is 1170. The molecule has 2 heterocycles. The van der Waals surface area contributed by atoms with Crippen LogP contribution >= 0.6 is 23.1 Å². The molecule has 5 nitrogen and oxygen atoms in total. The molecule has 2 aromatic heterocycles. The van der Waals surface area contributed by atoms with Crippen molar-refractivity contribution in [2.24, 2.45) is 0 Å². The number of amides is 1. The van der Waals surface area contributed by atoms with Crippen LogP contribution in [0.1, 0.15) is 41.6 Å². The van der Waals surface area contributed by atoms with Gasteiger partial charge in [0.2, 0.25) is 5.91 Å². The molecule has 0 aliphatic rings. The van der Waals surface area contributed by atoms with Crippen molar-refractivity contribution >= 4 is 34.7 Å². The first-order valence-electron chi connectivity index (χ1n) is 11.1. The molecule has 4 aromatic rings. The van der Waals surface area contributed by atoms with Crippen molar-refractivity contribution in [3.8, 4) is 0 Å². The van der Waals surface area contributed by atoms with Crippen LogP contribution in [0.2, 0.25) is 0 Å². The summed E-state index contributed by atoms with van der Waals surface area (Å²) in [5.41, 5.74) is 3.29. The lowest BCUT2D eigenvalue weighted by molar-refractivity contribution is -0.113. The fourth-order valence-electron chi connectivity index (χ4n) is 3.67. The summed E-state index contributed by atoms with van der Waals surface area (Å²) in [6, 6.07) is 22.6. The Morgan fingerprint density at radius 3 is 2.58 bits per heavy atom. The Kier molecular flexibility index (Phi) is 7.96. The van der Waals surface area contributed by atoms with E-state index in [9.17, 15) is 4.79 Å². The molecule has 0 bridgehead atoms. The molecule has 33 heavy (non-hydrogen) atoms. The van der Waals surface area contributed by atoms with Crippen molar-refractivity contribution in [1.29, 1.82) is 0 Å². The number of para-hydroxylation sites is 1. The van der Waals surface area contributed by atoms with Crippen LogP contribution in [0.5, 0.6) is 0 Å². The number of thioether (sulfide) groups is 1. The fraction of sp³-hybridized carbons (Fsp3) is 0.269. The summed E-state index contributed by atoms with van der Waals surface area (Å²) in [5.74, 6) is 1.52. The summed E-state index contributed by atoms with van der Waals surface area (Å²) in [7, 11) is 0.